The van der Waals surface area contributed by atoms with Crippen molar-refractivity contribution in [3.8, 4) is 0 Å². The Morgan fingerprint density at radius 2 is 1.78 bits per heavy atom. The maximum absolute atomic E-state index is 12.0. The Balaban J connectivity index is 1.64. The molecule has 4 aliphatic carbocycles. The topological polar surface area (TPSA) is 69.7 Å². The Labute approximate surface area is 160 Å². The molecule has 5 nitrogen and oxygen atoms in total. The molecule has 3 saturated carbocycles. The quantitative estimate of drug-likeness (QED) is 0.691. The van der Waals surface area contributed by atoms with Crippen molar-refractivity contribution in [2.24, 2.45) is 29.1 Å². The second-order valence-electron chi connectivity index (χ2n) is 9.24. The highest BCUT2D eigenvalue weighted by Gasteiger charge is 2.59. The van der Waals surface area contributed by atoms with E-state index in [2.05, 4.69) is 6.92 Å². The van der Waals surface area contributed by atoms with Gasteiger partial charge in [-0.05, 0) is 73.8 Å². The lowest BCUT2D eigenvalue weighted by atomic mass is 9.51. The molecule has 0 aliphatic heterocycles. The molecule has 0 aromatic rings. The number of carbonyl (C=O) groups excluding carboxylic acids is 3. The van der Waals surface area contributed by atoms with E-state index in [1.807, 2.05) is 0 Å². The summed E-state index contributed by atoms with van der Waals surface area (Å²) in [5, 5.41) is 0. The van der Waals surface area contributed by atoms with E-state index in [9.17, 15) is 14.4 Å². The SMILES string of the molecule is CC(=O)O[C@H]1CC[C@@H]2[C@H]3C[C@@H](OC(C)=O)C4=CC(=O)CC[C@@H]4[C@H]3CC[C@]12C. The van der Waals surface area contributed by atoms with Crippen molar-refractivity contribution in [3.63, 3.8) is 0 Å². The Morgan fingerprint density at radius 1 is 1.04 bits per heavy atom. The molecule has 0 aromatic heterocycles. The van der Waals surface area contributed by atoms with Crippen LogP contribution in [0.15, 0.2) is 11.6 Å². The van der Waals surface area contributed by atoms with Gasteiger partial charge >= 0.3 is 11.9 Å². The molecular formula is C22H30O5. The van der Waals surface area contributed by atoms with Gasteiger partial charge in [0.2, 0.25) is 0 Å². The molecule has 0 spiro atoms. The van der Waals surface area contributed by atoms with Crippen LogP contribution >= 0.6 is 0 Å². The van der Waals surface area contributed by atoms with E-state index in [-0.39, 0.29) is 35.3 Å². The maximum Gasteiger partial charge on any atom is 0.303 e. The molecule has 0 saturated heterocycles. The fraction of sp³-hybridized carbons (Fsp3) is 0.773. The van der Waals surface area contributed by atoms with Crippen LogP contribution in [0.3, 0.4) is 0 Å². The van der Waals surface area contributed by atoms with Crippen LogP contribution in [0, 0.1) is 29.1 Å². The zero-order valence-corrected chi connectivity index (χ0v) is 16.5. The van der Waals surface area contributed by atoms with E-state index in [1.165, 1.54) is 13.8 Å². The van der Waals surface area contributed by atoms with Crippen LogP contribution in [0.2, 0.25) is 0 Å². The molecule has 0 radical (unpaired) electrons. The van der Waals surface area contributed by atoms with E-state index in [1.54, 1.807) is 6.08 Å². The molecule has 0 N–H and O–H groups in total. The second kappa shape index (κ2) is 6.75. The Bertz CT molecular complexity index is 695. The Hall–Kier alpha value is -1.65. The van der Waals surface area contributed by atoms with Crippen molar-refractivity contribution < 1.29 is 23.9 Å². The third-order valence-electron chi connectivity index (χ3n) is 7.85. The van der Waals surface area contributed by atoms with Gasteiger partial charge in [0.05, 0.1) is 0 Å². The average Bonchev–Trinajstić information content (AvgIpc) is 2.91. The molecule has 0 amide bonds. The van der Waals surface area contributed by atoms with Crippen molar-refractivity contribution in [2.75, 3.05) is 0 Å². The van der Waals surface area contributed by atoms with Gasteiger partial charge in [-0.2, -0.15) is 0 Å². The van der Waals surface area contributed by atoms with Crippen LogP contribution in [-0.4, -0.2) is 29.9 Å². The molecule has 0 unspecified atom stereocenters. The minimum atomic E-state index is -0.279. The normalized spacial score (nSPS) is 43.1. The van der Waals surface area contributed by atoms with Crippen LogP contribution in [-0.2, 0) is 23.9 Å². The summed E-state index contributed by atoms with van der Waals surface area (Å²) in [4.78, 5) is 35.3. The summed E-state index contributed by atoms with van der Waals surface area (Å²) in [7, 11) is 0. The van der Waals surface area contributed by atoms with Crippen LogP contribution in [0.5, 0.6) is 0 Å². The van der Waals surface area contributed by atoms with Gasteiger partial charge in [0.15, 0.2) is 5.78 Å². The van der Waals surface area contributed by atoms with Gasteiger partial charge in [-0.15, -0.1) is 0 Å². The zero-order valence-electron chi connectivity index (χ0n) is 16.5. The molecular weight excluding hydrogens is 344 g/mol. The minimum absolute atomic E-state index is 0.00185. The lowest BCUT2D eigenvalue weighted by Crippen LogP contribution is -2.51. The van der Waals surface area contributed by atoms with Crippen molar-refractivity contribution in [2.45, 2.75) is 77.9 Å². The van der Waals surface area contributed by atoms with E-state index in [0.717, 1.165) is 44.1 Å². The summed E-state index contributed by atoms with van der Waals surface area (Å²) in [5.41, 5.74) is 1.07. The molecule has 27 heavy (non-hydrogen) atoms. The fourth-order valence-corrected chi connectivity index (χ4v) is 6.82. The largest absolute Gasteiger partial charge is 0.462 e. The molecule has 0 aromatic carbocycles. The highest BCUT2D eigenvalue weighted by atomic mass is 16.5. The molecule has 148 valence electrons. The van der Waals surface area contributed by atoms with E-state index in [4.69, 9.17) is 9.47 Å². The predicted molar refractivity (Wildman–Crippen MR) is 98.6 cm³/mol. The monoisotopic (exact) mass is 374 g/mol. The van der Waals surface area contributed by atoms with Crippen molar-refractivity contribution >= 4 is 17.7 Å². The number of fused-ring (bicyclic) bond motifs is 5. The summed E-state index contributed by atoms with van der Waals surface area (Å²) in [6.07, 6.45) is 7.91. The van der Waals surface area contributed by atoms with Crippen molar-refractivity contribution in [1.29, 1.82) is 0 Å². The first-order valence-electron chi connectivity index (χ1n) is 10.4. The zero-order chi connectivity index (χ0) is 19.3. The molecule has 4 aliphatic rings. The van der Waals surface area contributed by atoms with E-state index >= 15 is 0 Å². The summed E-state index contributed by atoms with van der Waals surface area (Å²) in [5.74, 6) is 1.53. The number of ketones is 1. The first-order valence-corrected chi connectivity index (χ1v) is 10.4. The third kappa shape index (κ3) is 3.13. The van der Waals surface area contributed by atoms with Gasteiger partial charge in [-0.1, -0.05) is 6.92 Å². The number of hydrogen-bond acceptors (Lipinski definition) is 5. The highest BCUT2D eigenvalue weighted by Crippen LogP contribution is 2.62. The predicted octanol–water partition coefficient (Wildman–Crippen LogP) is 3.60. The Kier molecular flexibility index (Phi) is 4.68. The van der Waals surface area contributed by atoms with Gasteiger partial charge in [-0.3, -0.25) is 14.4 Å². The van der Waals surface area contributed by atoms with Gasteiger partial charge in [0.25, 0.3) is 0 Å². The summed E-state index contributed by atoms with van der Waals surface area (Å²) < 4.78 is 11.4. The Morgan fingerprint density at radius 3 is 2.48 bits per heavy atom. The van der Waals surface area contributed by atoms with Gasteiger partial charge < -0.3 is 9.47 Å². The van der Waals surface area contributed by atoms with Gasteiger partial charge in [0, 0.05) is 25.7 Å². The lowest BCUT2D eigenvalue weighted by molar-refractivity contribution is -0.159. The molecule has 7 atom stereocenters. The summed E-state index contributed by atoms with van der Waals surface area (Å²) >= 11 is 0. The number of rotatable bonds is 2. The van der Waals surface area contributed by atoms with Crippen molar-refractivity contribution in [3.05, 3.63) is 11.6 Å². The molecule has 5 heteroatoms. The van der Waals surface area contributed by atoms with Crippen LogP contribution in [0.25, 0.3) is 0 Å². The molecule has 0 heterocycles. The van der Waals surface area contributed by atoms with Crippen LogP contribution < -0.4 is 0 Å². The van der Waals surface area contributed by atoms with E-state index < -0.39 is 0 Å². The van der Waals surface area contributed by atoms with E-state index in [0.29, 0.717) is 30.1 Å². The van der Waals surface area contributed by atoms with Crippen molar-refractivity contribution in [1.82, 2.24) is 0 Å². The standard InChI is InChI=1S/C22H30O5/c1-12(23)26-20-11-17-16(15-5-4-14(25)10-18(15)20)8-9-22(3)19(17)6-7-21(22)27-13(2)24/h10,15-17,19-21H,4-9,11H2,1-3H3/t15-,16-,17+,19-,20-,21+,22+/m1/s1. The maximum atomic E-state index is 12.0. The minimum Gasteiger partial charge on any atom is -0.462 e. The van der Waals surface area contributed by atoms with Gasteiger partial charge in [0.1, 0.15) is 12.2 Å². The smallest absolute Gasteiger partial charge is 0.303 e. The van der Waals surface area contributed by atoms with Crippen LogP contribution in [0.4, 0.5) is 0 Å². The third-order valence-corrected chi connectivity index (χ3v) is 7.85. The van der Waals surface area contributed by atoms with Gasteiger partial charge in [-0.25, -0.2) is 0 Å². The summed E-state index contributed by atoms with van der Waals surface area (Å²) in [6.45, 7) is 5.23. The second-order valence-corrected chi connectivity index (χ2v) is 9.24. The molecule has 3 fully saturated rings. The first-order chi connectivity index (χ1) is 12.8. The molecule has 4 rings (SSSR count). The molecule has 0 bridgehead atoms. The number of hydrogen-bond donors (Lipinski definition) is 0. The average molecular weight is 374 g/mol. The summed E-state index contributed by atoms with van der Waals surface area (Å²) in [6, 6.07) is 0. The highest BCUT2D eigenvalue weighted by molar-refractivity contribution is 5.91. The first kappa shape index (κ1) is 18.7. The fourth-order valence-electron chi connectivity index (χ4n) is 6.82. The number of ether oxygens (including phenoxy) is 2. The lowest BCUT2D eigenvalue weighted by Gasteiger charge is -2.54. The van der Waals surface area contributed by atoms with Crippen LogP contribution in [0.1, 0.15) is 65.7 Å². The number of carbonyl (C=O) groups is 3. The number of esters is 2.